The summed E-state index contributed by atoms with van der Waals surface area (Å²) in [4.78, 5) is 10.4. The van der Waals surface area contributed by atoms with Crippen molar-refractivity contribution in [3.63, 3.8) is 0 Å². The number of aromatic nitrogens is 2. The molecule has 14 heavy (non-hydrogen) atoms. The van der Waals surface area contributed by atoms with E-state index in [1.54, 1.807) is 0 Å². The van der Waals surface area contributed by atoms with E-state index in [9.17, 15) is 4.39 Å². The predicted molar refractivity (Wildman–Crippen MR) is 48.3 cm³/mol. The highest BCUT2D eigenvalue weighted by Gasteiger charge is 2.03. The first-order valence-electron chi connectivity index (χ1n) is 3.76. The molecule has 0 saturated carbocycles. The number of fused-ring (bicyclic) bond motifs is 1. The minimum Gasteiger partial charge on any atom is -0.253 e. The van der Waals surface area contributed by atoms with Crippen LogP contribution in [0.25, 0.3) is 21.5 Å². The molecule has 0 atom stereocenters. The number of rotatable bonds is 1. The van der Waals surface area contributed by atoms with Crippen LogP contribution >= 0.6 is 0 Å². The van der Waals surface area contributed by atoms with Crippen LogP contribution in [0.1, 0.15) is 0 Å². The van der Waals surface area contributed by atoms with Crippen molar-refractivity contribution in [3.05, 3.63) is 40.8 Å². The Kier molecular flexibility index (Phi) is 1.96. The first-order chi connectivity index (χ1) is 6.81. The Bertz CT molecular complexity index is 532. The molecule has 0 bridgehead atoms. The van der Waals surface area contributed by atoms with E-state index in [0.29, 0.717) is 11.0 Å². The van der Waals surface area contributed by atoms with Crippen molar-refractivity contribution in [2.75, 3.05) is 0 Å². The lowest BCUT2D eigenvalue weighted by Gasteiger charge is -1.98. The lowest BCUT2D eigenvalue weighted by molar-refractivity contribution is 0.631. The third-order valence-corrected chi connectivity index (χ3v) is 1.69. The van der Waals surface area contributed by atoms with E-state index in [4.69, 9.17) is 5.53 Å². The summed E-state index contributed by atoms with van der Waals surface area (Å²) >= 11 is 0. The molecule has 0 radical (unpaired) electrons. The van der Waals surface area contributed by atoms with Crippen LogP contribution in [-0.2, 0) is 0 Å². The van der Waals surface area contributed by atoms with E-state index in [0.717, 1.165) is 0 Å². The van der Waals surface area contributed by atoms with E-state index < -0.39 is 5.82 Å². The van der Waals surface area contributed by atoms with Crippen LogP contribution in [0.15, 0.2) is 29.6 Å². The largest absolute Gasteiger partial charge is 0.253 e. The number of azide groups is 1. The SMILES string of the molecule is [N-]=[N+]=Nc1cc2nccnc2cc1F. The van der Waals surface area contributed by atoms with Crippen LogP contribution in [0, 0.1) is 5.82 Å². The molecular weight excluding hydrogens is 185 g/mol. The molecule has 68 valence electrons. The maximum atomic E-state index is 13.2. The quantitative estimate of drug-likeness (QED) is 0.393. The lowest BCUT2D eigenvalue weighted by atomic mass is 10.2. The average molecular weight is 189 g/mol. The summed E-state index contributed by atoms with van der Waals surface area (Å²) in [6, 6.07) is 2.55. The van der Waals surface area contributed by atoms with Gasteiger partial charge in [0, 0.05) is 23.4 Å². The van der Waals surface area contributed by atoms with Crippen LogP contribution < -0.4 is 0 Å². The van der Waals surface area contributed by atoms with Gasteiger partial charge in [-0.2, -0.15) is 0 Å². The van der Waals surface area contributed by atoms with Crippen molar-refractivity contribution in [1.29, 1.82) is 0 Å². The Morgan fingerprint density at radius 3 is 2.50 bits per heavy atom. The number of halogens is 1. The van der Waals surface area contributed by atoms with Crippen molar-refractivity contribution in [2.24, 2.45) is 5.11 Å². The fourth-order valence-corrected chi connectivity index (χ4v) is 1.10. The molecule has 1 aromatic carbocycles. The number of benzene rings is 1. The van der Waals surface area contributed by atoms with Crippen molar-refractivity contribution in [2.45, 2.75) is 0 Å². The van der Waals surface area contributed by atoms with Gasteiger partial charge in [0.2, 0.25) is 0 Å². The van der Waals surface area contributed by atoms with Gasteiger partial charge in [0.15, 0.2) is 0 Å². The highest BCUT2D eigenvalue weighted by Crippen LogP contribution is 2.22. The molecule has 0 N–H and O–H groups in total. The topological polar surface area (TPSA) is 74.5 Å². The van der Waals surface area contributed by atoms with Crippen LogP contribution in [0.2, 0.25) is 0 Å². The molecule has 0 aliphatic carbocycles. The summed E-state index contributed by atoms with van der Waals surface area (Å²) < 4.78 is 13.2. The van der Waals surface area contributed by atoms with Gasteiger partial charge in [-0.25, -0.2) is 4.39 Å². The van der Waals surface area contributed by atoms with Crippen LogP contribution in [0.3, 0.4) is 0 Å². The Labute approximate surface area is 77.9 Å². The summed E-state index contributed by atoms with van der Waals surface area (Å²) in [5.74, 6) is -0.601. The van der Waals surface area contributed by atoms with Crippen molar-refractivity contribution >= 4 is 16.7 Å². The summed E-state index contributed by atoms with van der Waals surface area (Å²) in [5.41, 5.74) is 9.03. The Morgan fingerprint density at radius 1 is 1.21 bits per heavy atom. The summed E-state index contributed by atoms with van der Waals surface area (Å²) in [6.07, 6.45) is 2.95. The van der Waals surface area contributed by atoms with E-state index in [1.807, 2.05) is 0 Å². The van der Waals surface area contributed by atoms with Crippen molar-refractivity contribution in [3.8, 4) is 0 Å². The summed E-state index contributed by atoms with van der Waals surface area (Å²) in [5, 5.41) is 3.19. The first-order valence-corrected chi connectivity index (χ1v) is 3.76. The molecule has 0 aliphatic heterocycles. The highest BCUT2D eigenvalue weighted by molar-refractivity contribution is 5.77. The molecule has 0 saturated heterocycles. The van der Waals surface area contributed by atoms with Crippen molar-refractivity contribution < 1.29 is 4.39 Å². The average Bonchev–Trinajstić information content (AvgIpc) is 2.19. The van der Waals surface area contributed by atoms with Gasteiger partial charge in [-0.1, -0.05) is 5.11 Å². The van der Waals surface area contributed by atoms with E-state index in [1.165, 1.54) is 24.5 Å². The molecule has 0 spiro atoms. The Balaban J connectivity index is 2.76. The monoisotopic (exact) mass is 189 g/mol. The fourth-order valence-electron chi connectivity index (χ4n) is 1.10. The molecule has 0 unspecified atom stereocenters. The van der Waals surface area contributed by atoms with Crippen LogP contribution in [0.5, 0.6) is 0 Å². The van der Waals surface area contributed by atoms with E-state index in [2.05, 4.69) is 20.0 Å². The summed E-state index contributed by atoms with van der Waals surface area (Å²) in [7, 11) is 0. The van der Waals surface area contributed by atoms with Gasteiger partial charge < -0.3 is 0 Å². The molecule has 5 nitrogen and oxygen atoms in total. The van der Waals surface area contributed by atoms with Gasteiger partial charge in [-0.05, 0) is 11.6 Å². The predicted octanol–water partition coefficient (Wildman–Crippen LogP) is 2.71. The zero-order valence-electron chi connectivity index (χ0n) is 6.92. The number of hydrogen-bond acceptors (Lipinski definition) is 3. The van der Waals surface area contributed by atoms with Gasteiger partial charge in [-0.15, -0.1) is 0 Å². The second kappa shape index (κ2) is 3.27. The maximum absolute atomic E-state index is 13.2. The highest BCUT2D eigenvalue weighted by atomic mass is 19.1. The lowest BCUT2D eigenvalue weighted by Crippen LogP contribution is -1.84. The third kappa shape index (κ3) is 1.34. The molecule has 1 heterocycles. The molecule has 2 aromatic rings. The molecule has 0 fully saturated rings. The van der Waals surface area contributed by atoms with E-state index in [-0.39, 0.29) is 5.69 Å². The van der Waals surface area contributed by atoms with Crippen molar-refractivity contribution in [1.82, 2.24) is 9.97 Å². The standard InChI is InChI=1S/C8H4FN5/c9-5-3-7-8(12-2-1-11-7)4-6(5)13-14-10/h1-4H. The molecule has 0 amide bonds. The first kappa shape index (κ1) is 8.40. The third-order valence-electron chi connectivity index (χ3n) is 1.69. The van der Waals surface area contributed by atoms with Gasteiger partial charge in [0.05, 0.1) is 16.7 Å². The van der Waals surface area contributed by atoms with Gasteiger partial charge in [-0.3, -0.25) is 9.97 Å². The minimum atomic E-state index is -0.601. The van der Waals surface area contributed by atoms with Gasteiger partial charge in [0.1, 0.15) is 5.82 Å². The molecule has 0 aliphatic rings. The summed E-state index contributed by atoms with van der Waals surface area (Å²) in [6.45, 7) is 0. The second-order valence-corrected chi connectivity index (χ2v) is 2.54. The van der Waals surface area contributed by atoms with Crippen LogP contribution in [-0.4, -0.2) is 9.97 Å². The van der Waals surface area contributed by atoms with Gasteiger partial charge in [0.25, 0.3) is 0 Å². The maximum Gasteiger partial charge on any atom is 0.135 e. The Morgan fingerprint density at radius 2 is 1.86 bits per heavy atom. The molecular formula is C8H4FN5. The van der Waals surface area contributed by atoms with Crippen LogP contribution in [0.4, 0.5) is 10.1 Å². The van der Waals surface area contributed by atoms with Gasteiger partial charge >= 0.3 is 0 Å². The van der Waals surface area contributed by atoms with E-state index >= 15 is 0 Å². The molecule has 1 aromatic heterocycles. The molecule has 2 rings (SSSR count). The Hall–Kier alpha value is -2.20. The zero-order chi connectivity index (χ0) is 9.97. The fraction of sp³-hybridized carbons (Fsp3) is 0. The normalized spacial score (nSPS) is 9.79. The molecule has 6 heteroatoms. The minimum absolute atomic E-state index is 0.0690. The number of hydrogen-bond donors (Lipinski definition) is 0. The smallest absolute Gasteiger partial charge is 0.135 e. The number of nitrogens with zero attached hydrogens (tertiary/aromatic N) is 5. The zero-order valence-corrected chi connectivity index (χ0v) is 6.92. The second-order valence-electron chi connectivity index (χ2n) is 2.54.